The number of anilines is 1. The first-order valence-corrected chi connectivity index (χ1v) is 9.47. The van der Waals surface area contributed by atoms with Crippen molar-refractivity contribution in [3.05, 3.63) is 58.7 Å². The van der Waals surface area contributed by atoms with Crippen LogP contribution in [0.25, 0.3) is 0 Å². The van der Waals surface area contributed by atoms with E-state index in [1.807, 2.05) is 24.3 Å². The van der Waals surface area contributed by atoms with Crippen LogP contribution in [0.5, 0.6) is 0 Å². The molecule has 1 aliphatic rings. The van der Waals surface area contributed by atoms with E-state index in [0.29, 0.717) is 24.2 Å². The predicted octanol–water partition coefficient (Wildman–Crippen LogP) is 3.44. The van der Waals surface area contributed by atoms with Gasteiger partial charge in [-0.1, -0.05) is 35.9 Å². The second-order valence-electron chi connectivity index (χ2n) is 6.51. The first kappa shape index (κ1) is 22.7. The zero-order valence-electron chi connectivity index (χ0n) is 16.2. The van der Waals surface area contributed by atoms with Crippen molar-refractivity contribution in [2.75, 3.05) is 32.1 Å². The fourth-order valence-corrected chi connectivity index (χ4v) is 3.51. The molecule has 0 amide bonds. The summed E-state index contributed by atoms with van der Waals surface area (Å²) in [6.07, 6.45) is 2.79. The van der Waals surface area contributed by atoms with Crippen molar-refractivity contribution in [3.63, 3.8) is 0 Å². The van der Waals surface area contributed by atoms with Gasteiger partial charge in [0.05, 0.1) is 11.6 Å². The number of hydrogen-bond acceptors (Lipinski definition) is 4. The van der Waals surface area contributed by atoms with E-state index in [1.165, 1.54) is 11.1 Å². The third-order valence-electron chi connectivity index (χ3n) is 4.66. The Morgan fingerprint density at radius 2 is 2.07 bits per heavy atom. The number of aliphatic imine (C=N–C) groups is 1. The van der Waals surface area contributed by atoms with Gasteiger partial charge in [0.25, 0.3) is 0 Å². The van der Waals surface area contributed by atoms with Crippen molar-refractivity contribution in [1.29, 1.82) is 0 Å². The first-order valence-electron chi connectivity index (χ1n) is 9.09. The van der Waals surface area contributed by atoms with Crippen LogP contribution in [0.15, 0.2) is 47.6 Å². The number of aromatic nitrogens is 1. The molecule has 1 saturated heterocycles. The molecule has 3 rings (SSSR count). The van der Waals surface area contributed by atoms with Crippen LogP contribution in [0.3, 0.4) is 0 Å². The van der Waals surface area contributed by atoms with E-state index in [2.05, 4.69) is 37.6 Å². The van der Waals surface area contributed by atoms with Crippen LogP contribution >= 0.6 is 35.6 Å². The second kappa shape index (κ2) is 11.4. The van der Waals surface area contributed by atoms with Gasteiger partial charge < -0.3 is 20.3 Å². The monoisotopic (exact) mass is 515 g/mol. The Bertz CT molecular complexity index is 789. The van der Waals surface area contributed by atoms with Gasteiger partial charge in [-0.15, -0.1) is 24.0 Å². The summed E-state index contributed by atoms with van der Waals surface area (Å²) in [5, 5.41) is 7.59. The Morgan fingerprint density at radius 3 is 2.79 bits per heavy atom. The summed E-state index contributed by atoms with van der Waals surface area (Å²) in [6.45, 7) is 3.06. The van der Waals surface area contributed by atoms with E-state index < -0.39 is 0 Å². The summed E-state index contributed by atoms with van der Waals surface area (Å²) < 4.78 is 5.28. The van der Waals surface area contributed by atoms with Crippen LogP contribution < -0.4 is 15.5 Å². The Morgan fingerprint density at radius 1 is 1.29 bits per heavy atom. The molecule has 6 nitrogen and oxygen atoms in total. The van der Waals surface area contributed by atoms with E-state index in [-0.39, 0.29) is 24.0 Å². The van der Waals surface area contributed by atoms with E-state index in [9.17, 15) is 0 Å². The van der Waals surface area contributed by atoms with Gasteiger partial charge in [-0.2, -0.15) is 0 Å². The molecule has 152 valence electrons. The fourth-order valence-electron chi connectivity index (χ4n) is 3.27. The molecular weight excluding hydrogens is 489 g/mol. The molecule has 1 aromatic heterocycles. The normalized spacial score (nSPS) is 16.6. The van der Waals surface area contributed by atoms with Gasteiger partial charge in [-0.3, -0.25) is 4.99 Å². The number of ether oxygens (including phenoxy) is 1. The number of methoxy groups -OCH3 is 1. The average molecular weight is 516 g/mol. The number of halogens is 2. The van der Waals surface area contributed by atoms with Crippen LogP contribution in [-0.2, 0) is 17.9 Å². The van der Waals surface area contributed by atoms with Crippen LogP contribution in [0.1, 0.15) is 17.5 Å². The molecule has 2 aromatic rings. The highest BCUT2D eigenvalue weighted by Crippen LogP contribution is 2.25. The molecule has 1 aliphatic heterocycles. The van der Waals surface area contributed by atoms with E-state index in [4.69, 9.17) is 16.3 Å². The zero-order chi connectivity index (χ0) is 19.1. The lowest BCUT2D eigenvalue weighted by Gasteiger charge is -2.20. The van der Waals surface area contributed by atoms with Crippen molar-refractivity contribution < 1.29 is 4.74 Å². The Labute approximate surface area is 188 Å². The number of hydrogen-bond donors (Lipinski definition) is 2. The molecule has 0 spiro atoms. The summed E-state index contributed by atoms with van der Waals surface area (Å²) in [5.74, 6) is 1.64. The molecule has 2 heterocycles. The minimum absolute atomic E-state index is 0. The number of nitrogens with one attached hydrogen (secondary N) is 2. The number of rotatable bonds is 6. The van der Waals surface area contributed by atoms with Crippen LogP contribution in [-0.4, -0.2) is 44.2 Å². The Balaban J connectivity index is 0.00000280. The number of pyridine rings is 1. The van der Waals surface area contributed by atoms with E-state index in [0.717, 1.165) is 31.3 Å². The third-order valence-corrected chi connectivity index (χ3v) is 4.95. The van der Waals surface area contributed by atoms with Gasteiger partial charge in [0.1, 0.15) is 5.82 Å². The highest BCUT2D eigenvalue weighted by atomic mass is 127. The third kappa shape index (κ3) is 5.96. The van der Waals surface area contributed by atoms with Gasteiger partial charge in [-0.05, 0) is 29.7 Å². The first-order chi connectivity index (χ1) is 13.2. The molecule has 8 heteroatoms. The van der Waals surface area contributed by atoms with Crippen molar-refractivity contribution in [2.45, 2.75) is 25.6 Å². The molecule has 0 aliphatic carbocycles. The van der Waals surface area contributed by atoms with Crippen molar-refractivity contribution in [1.82, 2.24) is 15.6 Å². The van der Waals surface area contributed by atoms with Crippen LogP contribution in [0.2, 0.25) is 5.02 Å². The van der Waals surface area contributed by atoms with Gasteiger partial charge in [0.2, 0.25) is 0 Å². The molecule has 0 bridgehead atoms. The SMILES string of the molecule is CN=C(NCc1ccccc1COC)NC1CCN(c2ncccc2Cl)C1.I. The molecule has 1 aromatic carbocycles. The standard InChI is InChI=1S/C20H26ClN5O.HI/c1-22-20(24-12-15-6-3-4-7-16(15)14-27-2)25-17-9-11-26(13-17)19-18(21)8-5-10-23-19;/h3-8,10,17H,9,11-14H2,1-2H3,(H2,22,24,25);1H. The smallest absolute Gasteiger partial charge is 0.191 e. The lowest BCUT2D eigenvalue weighted by Crippen LogP contribution is -2.44. The highest BCUT2D eigenvalue weighted by Gasteiger charge is 2.25. The highest BCUT2D eigenvalue weighted by molar-refractivity contribution is 14.0. The van der Waals surface area contributed by atoms with Gasteiger partial charge >= 0.3 is 0 Å². The van der Waals surface area contributed by atoms with Gasteiger partial charge in [0.15, 0.2) is 5.96 Å². The van der Waals surface area contributed by atoms with Crippen molar-refractivity contribution in [3.8, 4) is 0 Å². The van der Waals surface area contributed by atoms with Crippen molar-refractivity contribution in [2.24, 2.45) is 4.99 Å². The lowest BCUT2D eigenvalue weighted by molar-refractivity contribution is 0.184. The minimum Gasteiger partial charge on any atom is -0.380 e. The predicted molar refractivity (Wildman–Crippen MR) is 126 cm³/mol. The number of benzene rings is 1. The van der Waals surface area contributed by atoms with E-state index >= 15 is 0 Å². The summed E-state index contributed by atoms with van der Waals surface area (Å²) >= 11 is 6.27. The zero-order valence-corrected chi connectivity index (χ0v) is 19.3. The quantitative estimate of drug-likeness (QED) is 0.351. The molecule has 28 heavy (non-hydrogen) atoms. The topological polar surface area (TPSA) is 61.8 Å². The van der Waals surface area contributed by atoms with Crippen molar-refractivity contribution >= 4 is 47.4 Å². The van der Waals surface area contributed by atoms with E-state index in [1.54, 1.807) is 20.4 Å². The molecule has 1 atom stereocenters. The summed E-state index contributed by atoms with van der Waals surface area (Å²) in [5.41, 5.74) is 2.38. The number of guanidine groups is 1. The summed E-state index contributed by atoms with van der Waals surface area (Å²) in [6, 6.07) is 12.3. The largest absolute Gasteiger partial charge is 0.380 e. The Kier molecular flexibility index (Phi) is 9.27. The molecule has 0 saturated carbocycles. The fraction of sp³-hybridized carbons (Fsp3) is 0.400. The molecule has 1 fully saturated rings. The van der Waals surface area contributed by atoms with Crippen LogP contribution in [0, 0.1) is 0 Å². The summed E-state index contributed by atoms with van der Waals surface area (Å²) in [4.78, 5) is 11.0. The van der Waals surface area contributed by atoms with Gasteiger partial charge in [0, 0.05) is 46.0 Å². The maximum Gasteiger partial charge on any atom is 0.191 e. The minimum atomic E-state index is 0. The maximum absolute atomic E-state index is 6.27. The maximum atomic E-state index is 6.27. The Hall–Kier alpha value is -1.58. The number of nitrogens with zero attached hydrogens (tertiary/aromatic N) is 3. The second-order valence-corrected chi connectivity index (χ2v) is 6.92. The molecule has 1 unspecified atom stereocenters. The summed E-state index contributed by atoms with van der Waals surface area (Å²) in [7, 11) is 3.50. The molecular formula is C20H27ClIN5O. The molecule has 0 radical (unpaired) electrons. The molecule has 2 N–H and O–H groups in total. The average Bonchev–Trinajstić information content (AvgIpc) is 3.15. The lowest BCUT2D eigenvalue weighted by atomic mass is 10.1. The van der Waals surface area contributed by atoms with Gasteiger partial charge in [-0.25, -0.2) is 4.98 Å². The van der Waals surface area contributed by atoms with Crippen LogP contribution in [0.4, 0.5) is 5.82 Å².